The molecule has 0 atom stereocenters. The molecule has 0 amide bonds. The van der Waals surface area contributed by atoms with Crippen LogP contribution in [-0.2, 0) is 0 Å². The van der Waals surface area contributed by atoms with E-state index >= 15 is 0 Å². The van der Waals surface area contributed by atoms with E-state index in [4.69, 9.17) is 0 Å². The largest absolute Gasteiger partial charge is 0.144 e. The average molecular weight is 152 g/mol. The van der Waals surface area contributed by atoms with E-state index in [1.165, 1.54) is 0 Å². The third-order valence-corrected chi connectivity index (χ3v) is 1.70. The molecule has 0 nitrogen and oxygen atoms in total. The second kappa shape index (κ2) is 2.67. The van der Waals surface area contributed by atoms with Crippen LogP contribution in [0.3, 0.4) is 0 Å². The molecule has 0 spiro atoms. The van der Waals surface area contributed by atoms with Crippen LogP contribution in [0.25, 0.3) is 0 Å². The first-order chi connectivity index (χ1) is 4.60. The molecular weight excluding hydrogens is 140 g/mol. The molecule has 1 heteroatoms. The van der Waals surface area contributed by atoms with Gasteiger partial charge in [0.1, 0.15) is 0 Å². The van der Waals surface area contributed by atoms with Gasteiger partial charge in [-0.25, -0.2) is 0 Å². The molecule has 0 heterocycles. The molecule has 1 aliphatic rings. The van der Waals surface area contributed by atoms with Crippen molar-refractivity contribution >= 4 is 12.6 Å². The summed E-state index contributed by atoms with van der Waals surface area (Å²) in [4.78, 5) is 1.04. The maximum absolute atomic E-state index is 4.28. The third-order valence-electron chi connectivity index (χ3n) is 1.42. The first kappa shape index (κ1) is 7.67. The van der Waals surface area contributed by atoms with Gasteiger partial charge in [0.2, 0.25) is 0 Å². The SMILES string of the molecule is CC1(C)C=CC=CC(S)=C1. The molecular formula is C9H12S. The lowest BCUT2D eigenvalue weighted by Gasteiger charge is -2.13. The highest BCUT2D eigenvalue weighted by Gasteiger charge is 2.10. The Morgan fingerprint density at radius 2 is 2.00 bits per heavy atom. The number of allylic oxidation sites excluding steroid dienone is 5. The summed E-state index contributed by atoms with van der Waals surface area (Å²) >= 11 is 4.28. The molecule has 0 aromatic rings. The van der Waals surface area contributed by atoms with Crippen molar-refractivity contribution in [3.8, 4) is 0 Å². The highest BCUT2D eigenvalue weighted by Crippen LogP contribution is 2.24. The predicted molar refractivity (Wildman–Crippen MR) is 49.1 cm³/mol. The fourth-order valence-corrected chi connectivity index (χ4v) is 1.35. The summed E-state index contributed by atoms with van der Waals surface area (Å²) in [5, 5.41) is 0. The maximum Gasteiger partial charge on any atom is 0.00215 e. The summed E-state index contributed by atoms with van der Waals surface area (Å²) in [5.74, 6) is 0. The van der Waals surface area contributed by atoms with Gasteiger partial charge in [0.15, 0.2) is 0 Å². The maximum atomic E-state index is 4.28. The predicted octanol–water partition coefficient (Wildman–Crippen LogP) is 2.95. The van der Waals surface area contributed by atoms with Gasteiger partial charge in [0, 0.05) is 10.3 Å². The van der Waals surface area contributed by atoms with Crippen LogP contribution in [0.5, 0.6) is 0 Å². The number of rotatable bonds is 0. The van der Waals surface area contributed by atoms with Gasteiger partial charge in [-0.1, -0.05) is 38.2 Å². The lowest BCUT2D eigenvalue weighted by atomic mass is 9.93. The molecule has 0 fully saturated rings. The topological polar surface area (TPSA) is 0 Å². The summed E-state index contributed by atoms with van der Waals surface area (Å²) in [6.45, 7) is 4.32. The fourth-order valence-electron chi connectivity index (χ4n) is 0.935. The second-order valence-corrected chi connectivity index (χ2v) is 3.63. The highest BCUT2D eigenvalue weighted by atomic mass is 32.1. The minimum Gasteiger partial charge on any atom is -0.144 e. The molecule has 0 saturated carbocycles. The molecule has 0 saturated heterocycles. The Hall–Kier alpha value is -0.430. The van der Waals surface area contributed by atoms with Gasteiger partial charge >= 0.3 is 0 Å². The zero-order valence-corrected chi connectivity index (χ0v) is 7.23. The van der Waals surface area contributed by atoms with E-state index in [0.717, 1.165) is 4.91 Å². The van der Waals surface area contributed by atoms with Crippen LogP contribution in [0.4, 0.5) is 0 Å². The van der Waals surface area contributed by atoms with Crippen molar-refractivity contribution < 1.29 is 0 Å². The van der Waals surface area contributed by atoms with E-state index in [-0.39, 0.29) is 5.41 Å². The van der Waals surface area contributed by atoms with Crippen LogP contribution in [0, 0.1) is 5.41 Å². The van der Waals surface area contributed by atoms with Crippen LogP contribution in [0.2, 0.25) is 0 Å². The molecule has 0 bridgehead atoms. The standard InChI is InChI=1S/C9H12S/c1-9(2)6-4-3-5-8(10)7-9/h3-7,10H,1-2H3. The van der Waals surface area contributed by atoms with Gasteiger partial charge < -0.3 is 0 Å². The second-order valence-electron chi connectivity index (χ2n) is 3.11. The summed E-state index contributed by atoms with van der Waals surface area (Å²) in [7, 11) is 0. The van der Waals surface area contributed by atoms with Gasteiger partial charge in [-0.3, -0.25) is 0 Å². The average Bonchev–Trinajstić information content (AvgIpc) is 1.90. The zero-order chi connectivity index (χ0) is 7.61. The lowest BCUT2D eigenvalue weighted by molar-refractivity contribution is 0.626. The van der Waals surface area contributed by atoms with Crippen LogP contribution < -0.4 is 0 Å². The zero-order valence-electron chi connectivity index (χ0n) is 6.33. The Labute approximate surface area is 67.7 Å². The summed E-state index contributed by atoms with van der Waals surface area (Å²) in [5.41, 5.74) is 0.153. The van der Waals surface area contributed by atoms with Crippen molar-refractivity contribution in [1.82, 2.24) is 0 Å². The summed E-state index contributed by atoms with van der Waals surface area (Å²) < 4.78 is 0. The van der Waals surface area contributed by atoms with Crippen molar-refractivity contribution in [3.63, 3.8) is 0 Å². The molecule has 0 aromatic carbocycles. The van der Waals surface area contributed by atoms with Crippen LogP contribution in [0.1, 0.15) is 13.8 Å². The molecule has 1 aliphatic carbocycles. The summed E-state index contributed by atoms with van der Waals surface area (Å²) in [6.07, 6.45) is 10.4. The van der Waals surface area contributed by atoms with Crippen molar-refractivity contribution in [2.45, 2.75) is 13.8 Å². The van der Waals surface area contributed by atoms with Crippen molar-refractivity contribution in [2.75, 3.05) is 0 Å². The van der Waals surface area contributed by atoms with Crippen LogP contribution in [-0.4, -0.2) is 0 Å². The molecule has 0 aliphatic heterocycles. The van der Waals surface area contributed by atoms with Gasteiger partial charge in [0.25, 0.3) is 0 Å². The molecule has 0 radical (unpaired) electrons. The molecule has 54 valence electrons. The minimum absolute atomic E-state index is 0.153. The number of thiol groups is 1. The van der Waals surface area contributed by atoms with E-state index in [1.54, 1.807) is 0 Å². The summed E-state index contributed by atoms with van der Waals surface area (Å²) in [6, 6.07) is 0. The van der Waals surface area contributed by atoms with Crippen LogP contribution in [0.15, 0.2) is 35.3 Å². The van der Waals surface area contributed by atoms with E-state index in [9.17, 15) is 0 Å². The van der Waals surface area contributed by atoms with Crippen LogP contribution >= 0.6 is 12.6 Å². The highest BCUT2D eigenvalue weighted by molar-refractivity contribution is 7.84. The quantitative estimate of drug-likeness (QED) is 0.507. The Bertz CT molecular complexity index is 207. The number of hydrogen-bond donors (Lipinski definition) is 1. The normalized spacial score (nSPS) is 22.1. The third kappa shape index (κ3) is 2.07. The monoisotopic (exact) mass is 152 g/mol. The molecule has 0 N–H and O–H groups in total. The smallest absolute Gasteiger partial charge is 0.00215 e. The van der Waals surface area contributed by atoms with E-state index in [1.807, 2.05) is 12.2 Å². The van der Waals surface area contributed by atoms with Crippen molar-refractivity contribution in [2.24, 2.45) is 5.41 Å². The Morgan fingerprint density at radius 3 is 2.70 bits per heavy atom. The minimum atomic E-state index is 0.153. The van der Waals surface area contributed by atoms with E-state index in [0.29, 0.717) is 0 Å². The Kier molecular flexibility index (Phi) is 2.05. The van der Waals surface area contributed by atoms with Crippen molar-refractivity contribution in [1.29, 1.82) is 0 Å². The molecule has 0 aromatic heterocycles. The molecule has 10 heavy (non-hydrogen) atoms. The van der Waals surface area contributed by atoms with Gasteiger partial charge in [-0.15, -0.1) is 12.6 Å². The van der Waals surface area contributed by atoms with Gasteiger partial charge in [0.05, 0.1) is 0 Å². The first-order valence-corrected chi connectivity index (χ1v) is 3.83. The fraction of sp³-hybridized carbons (Fsp3) is 0.333. The first-order valence-electron chi connectivity index (χ1n) is 3.38. The Balaban J connectivity index is 2.93. The van der Waals surface area contributed by atoms with Crippen molar-refractivity contribution in [3.05, 3.63) is 35.3 Å². The molecule has 1 rings (SSSR count). The lowest BCUT2D eigenvalue weighted by Crippen LogP contribution is -2.01. The van der Waals surface area contributed by atoms with E-state index < -0.39 is 0 Å². The number of hydrogen-bond acceptors (Lipinski definition) is 1. The van der Waals surface area contributed by atoms with Gasteiger partial charge in [-0.2, -0.15) is 0 Å². The van der Waals surface area contributed by atoms with E-state index in [2.05, 4.69) is 44.7 Å². The van der Waals surface area contributed by atoms with Gasteiger partial charge in [-0.05, 0) is 6.08 Å². The Morgan fingerprint density at radius 1 is 1.30 bits per heavy atom. The molecule has 0 unspecified atom stereocenters.